The number of fused-ring (bicyclic) bond motifs is 2. The van der Waals surface area contributed by atoms with E-state index in [1.165, 1.54) is 6.42 Å². The minimum Gasteiger partial charge on any atom is -0.326 e. The molecule has 0 aliphatic heterocycles. The molecule has 0 saturated heterocycles. The molecule has 126 valence electrons. The van der Waals surface area contributed by atoms with E-state index in [9.17, 15) is 14.4 Å². The van der Waals surface area contributed by atoms with Gasteiger partial charge in [0.15, 0.2) is 11.6 Å². The highest BCUT2D eigenvalue weighted by Crippen LogP contribution is 2.30. The van der Waals surface area contributed by atoms with E-state index < -0.39 is 0 Å². The molecule has 0 bridgehead atoms. The lowest BCUT2D eigenvalue weighted by atomic mass is 9.84. The minimum atomic E-state index is -0.168. The molecule has 1 fully saturated rings. The summed E-state index contributed by atoms with van der Waals surface area (Å²) >= 11 is 0. The van der Waals surface area contributed by atoms with Crippen LogP contribution in [0, 0.1) is 5.92 Å². The summed E-state index contributed by atoms with van der Waals surface area (Å²) in [5, 5.41) is 2.92. The van der Waals surface area contributed by atoms with Gasteiger partial charge in [-0.2, -0.15) is 0 Å². The van der Waals surface area contributed by atoms with Crippen LogP contribution in [0.1, 0.15) is 63.9 Å². The Hall–Kier alpha value is -2.75. The van der Waals surface area contributed by atoms with Crippen molar-refractivity contribution >= 4 is 23.2 Å². The van der Waals surface area contributed by atoms with Crippen molar-refractivity contribution in [2.24, 2.45) is 5.92 Å². The molecule has 2 aromatic rings. The fraction of sp³-hybridized carbons (Fsp3) is 0.286. The predicted octanol–water partition coefficient (Wildman–Crippen LogP) is 3.98. The van der Waals surface area contributed by atoms with Gasteiger partial charge in [-0.1, -0.05) is 43.5 Å². The molecule has 0 aromatic heterocycles. The van der Waals surface area contributed by atoms with Crippen molar-refractivity contribution < 1.29 is 14.4 Å². The average molecular weight is 333 g/mol. The van der Waals surface area contributed by atoms with E-state index >= 15 is 0 Å². The zero-order valence-electron chi connectivity index (χ0n) is 13.9. The number of hydrogen-bond acceptors (Lipinski definition) is 3. The second-order valence-corrected chi connectivity index (χ2v) is 6.79. The van der Waals surface area contributed by atoms with E-state index in [2.05, 4.69) is 5.32 Å². The van der Waals surface area contributed by atoms with E-state index in [-0.39, 0.29) is 23.4 Å². The molecule has 1 saturated carbocycles. The molecule has 4 rings (SSSR count). The highest BCUT2D eigenvalue weighted by molar-refractivity contribution is 6.28. The fourth-order valence-electron chi connectivity index (χ4n) is 3.79. The smallest absolute Gasteiger partial charge is 0.227 e. The van der Waals surface area contributed by atoms with Crippen LogP contribution >= 0.6 is 0 Å². The van der Waals surface area contributed by atoms with Crippen molar-refractivity contribution in [3.63, 3.8) is 0 Å². The Morgan fingerprint density at radius 2 is 1.40 bits per heavy atom. The van der Waals surface area contributed by atoms with Gasteiger partial charge < -0.3 is 5.32 Å². The van der Waals surface area contributed by atoms with Gasteiger partial charge in [-0.15, -0.1) is 0 Å². The number of nitrogens with one attached hydrogen (secondary N) is 1. The van der Waals surface area contributed by atoms with Crippen LogP contribution in [0.5, 0.6) is 0 Å². The maximum atomic E-state index is 12.7. The summed E-state index contributed by atoms with van der Waals surface area (Å²) in [6.07, 6.45) is 5.21. The van der Waals surface area contributed by atoms with Crippen LogP contribution in [0.2, 0.25) is 0 Å². The number of carbonyl (C=O) groups is 3. The summed E-state index contributed by atoms with van der Waals surface area (Å²) in [6.45, 7) is 0. The van der Waals surface area contributed by atoms with Gasteiger partial charge in [0.2, 0.25) is 5.91 Å². The highest BCUT2D eigenvalue weighted by atomic mass is 16.2. The number of carbonyl (C=O) groups excluding carboxylic acids is 3. The van der Waals surface area contributed by atoms with Gasteiger partial charge >= 0.3 is 0 Å². The highest BCUT2D eigenvalue weighted by Gasteiger charge is 2.29. The van der Waals surface area contributed by atoms with Crippen molar-refractivity contribution in [3.8, 4) is 0 Å². The molecule has 2 aromatic carbocycles. The summed E-state index contributed by atoms with van der Waals surface area (Å²) in [6, 6.07) is 11.8. The monoisotopic (exact) mass is 333 g/mol. The van der Waals surface area contributed by atoms with Gasteiger partial charge in [-0.05, 0) is 31.0 Å². The summed E-state index contributed by atoms with van der Waals surface area (Å²) < 4.78 is 0. The molecule has 4 heteroatoms. The average Bonchev–Trinajstić information content (AvgIpc) is 2.67. The molecule has 2 aliphatic rings. The van der Waals surface area contributed by atoms with Crippen molar-refractivity contribution in [3.05, 3.63) is 64.7 Å². The van der Waals surface area contributed by atoms with E-state index in [0.717, 1.165) is 25.7 Å². The number of amides is 1. The van der Waals surface area contributed by atoms with Crippen LogP contribution in [-0.2, 0) is 4.79 Å². The van der Waals surface area contributed by atoms with Crippen LogP contribution < -0.4 is 5.32 Å². The van der Waals surface area contributed by atoms with Crippen LogP contribution in [-0.4, -0.2) is 17.5 Å². The number of benzene rings is 2. The standard InChI is InChI=1S/C21H19NO3/c23-19-15-8-4-5-9-16(15)20(24)18-12-14(10-11-17(18)19)22-21(25)13-6-2-1-3-7-13/h4-5,8-13H,1-3,6-7H2,(H,22,25). The van der Waals surface area contributed by atoms with E-state index in [1.807, 2.05) is 0 Å². The van der Waals surface area contributed by atoms with Gasteiger partial charge in [-0.3, -0.25) is 14.4 Å². The van der Waals surface area contributed by atoms with Crippen LogP contribution in [0.3, 0.4) is 0 Å². The van der Waals surface area contributed by atoms with Crippen molar-refractivity contribution in [2.45, 2.75) is 32.1 Å². The summed E-state index contributed by atoms with van der Waals surface area (Å²) in [5.41, 5.74) is 2.22. The molecule has 1 amide bonds. The van der Waals surface area contributed by atoms with E-state index in [0.29, 0.717) is 27.9 Å². The summed E-state index contributed by atoms with van der Waals surface area (Å²) in [4.78, 5) is 37.7. The molecule has 0 radical (unpaired) electrons. The lowest BCUT2D eigenvalue weighted by molar-refractivity contribution is -0.120. The molecule has 25 heavy (non-hydrogen) atoms. The predicted molar refractivity (Wildman–Crippen MR) is 95.0 cm³/mol. The number of rotatable bonds is 2. The largest absolute Gasteiger partial charge is 0.326 e. The first-order valence-electron chi connectivity index (χ1n) is 8.78. The maximum absolute atomic E-state index is 12.7. The number of anilines is 1. The fourth-order valence-corrected chi connectivity index (χ4v) is 3.79. The van der Waals surface area contributed by atoms with Crippen LogP contribution in [0.15, 0.2) is 42.5 Å². The third-order valence-electron chi connectivity index (χ3n) is 5.17. The Bertz CT molecular complexity index is 878. The third kappa shape index (κ3) is 2.78. The maximum Gasteiger partial charge on any atom is 0.227 e. The van der Waals surface area contributed by atoms with Gasteiger partial charge in [0.05, 0.1) is 0 Å². The molecule has 0 spiro atoms. The Morgan fingerprint density at radius 3 is 2.08 bits per heavy atom. The van der Waals surface area contributed by atoms with Gasteiger partial charge in [0, 0.05) is 33.9 Å². The third-order valence-corrected chi connectivity index (χ3v) is 5.17. The molecule has 0 unspecified atom stereocenters. The normalized spacial score (nSPS) is 17.0. The molecule has 0 atom stereocenters. The number of ketones is 2. The van der Waals surface area contributed by atoms with Crippen molar-refractivity contribution in [1.82, 2.24) is 0 Å². The quantitative estimate of drug-likeness (QED) is 0.771. The van der Waals surface area contributed by atoms with Crippen LogP contribution in [0.4, 0.5) is 5.69 Å². The molecule has 4 nitrogen and oxygen atoms in total. The SMILES string of the molecule is O=C1c2ccccc2C(=O)c2cc(NC(=O)C3CCCCC3)ccc21. The van der Waals surface area contributed by atoms with E-state index in [4.69, 9.17) is 0 Å². The number of hydrogen-bond donors (Lipinski definition) is 1. The Balaban J connectivity index is 1.63. The zero-order valence-corrected chi connectivity index (χ0v) is 13.9. The lowest BCUT2D eigenvalue weighted by Crippen LogP contribution is -2.25. The molecule has 2 aliphatic carbocycles. The summed E-state index contributed by atoms with van der Waals surface area (Å²) in [5.74, 6) is -0.258. The van der Waals surface area contributed by atoms with Gasteiger partial charge in [0.25, 0.3) is 0 Å². The molecule has 0 heterocycles. The minimum absolute atomic E-state index is 0.00892. The second-order valence-electron chi connectivity index (χ2n) is 6.79. The van der Waals surface area contributed by atoms with E-state index in [1.54, 1.807) is 42.5 Å². The summed E-state index contributed by atoms with van der Waals surface area (Å²) in [7, 11) is 0. The van der Waals surface area contributed by atoms with Crippen LogP contribution in [0.25, 0.3) is 0 Å². The topological polar surface area (TPSA) is 63.2 Å². The molecular formula is C21H19NO3. The van der Waals surface area contributed by atoms with Crippen molar-refractivity contribution in [1.29, 1.82) is 0 Å². The Morgan fingerprint density at radius 1 is 0.800 bits per heavy atom. The van der Waals surface area contributed by atoms with Gasteiger partial charge in [0.1, 0.15) is 0 Å². The zero-order chi connectivity index (χ0) is 17.4. The lowest BCUT2D eigenvalue weighted by Gasteiger charge is -2.22. The first kappa shape index (κ1) is 15.8. The van der Waals surface area contributed by atoms with Crippen molar-refractivity contribution in [2.75, 3.05) is 5.32 Å². The molecular weight excluding hydrogens is 314 g/mol. The Labute approximate surface area is 146 Å². The first-order valence-corrected chi connectivity index (χ1v) is 8.78. The second kappa shape index (κ2) is 6.28. The Kier molecular flexibility index (Phi) is 3.96. The molecule has 1 N–H and O–H groups in total. The first-order chi connectivity index (χ1) is 12.1. The van der Waals surface area contributed by atoms with Gasteiger partial charge in [-0.25, -0.2) is 0 Å².